The number of rotatable bonds is 4. The van der Waals surface area contributed by atoms with Gasteiger partial charge in [-0.1, -0.05) is 6.58 Å². The monoisotopic (exact) mass is 548 g/mol. The number of imidazole rings is 1. The van der Waals surface area contributed by atoms with Gasteiger partial charge in [-0.15, -0.1) is 11.8 Å². The molecule has 1 atom stereocenters. The van der Waals surface area contributed by atoms with E-state index in [0.717, 1.165) is 21.9 Å². The number of carbonyl (C=O) groups excluding carboxylic acids is 1. The second-order valence-electron chi connectivity index (χ2n) is 9.74. The SMILES string of the molecule is C=CC(=O)N1CCN(c2nc(=O)n3c4c(c(-c5ccc(F)cc5F)c(C)cc24)SCC(n2ccnc2)C3)CC1. The van der Waals surface area contributed by atoms with Crippen LogP contribution < -0.4 is 10.6 Å². The van der Waals surface area contributed by atoms with Gasteiger partial charge in [0.15, 0.2) is 0 Å². The van der Waals surface area contributed by atoms with Crippen molar-refractivity contribution in [2.45, 2.75) is 24.4 Å². The second kappa shape index (κ2) is 9.96. The van der Waals surface area contributed by atoms with Crippen LogP contribution in [0.15, 0.2) is 65.3 Å². The molecule has 2 aliphatic heterocycles. The molecule has 0 bridgehead atoms. The van der Waals surface area contributed by atoms with Crippen LogP contribution in [-0.2, 0) is 11.3 Å². The number of benzene rings is 2. The molecule has 2 aliphatic rings. The highest BCUT2D eigenvalue weighted by atomic mass is 32.2. The predicted octanol–water partition coefficient (Wildman–Crippen LogP) is 4.03. The summed E-state index contributed by atoms with van der Waals surface area (Å²) in [6.07, 6.45) is 6.59. The zero-order valence-corrected chi connectivity index (χ0v) is 22.1. The van der Waals surface area contributed by atoms with Crippen molar-refractivity contribution in [1.82, 2.24) is 24.0 Å². The van der Waals surface area contributed by atoms with Crippen molar-refractivity contribution in [3.63, 3.8) is 0 Å². The molecule has 0 radical (unpaired) electrons. The first-order valence-corrected chi connectivity index (χ1v) is 13.6. The van der Waals surface area contributed by atoms with Crippen LogP contribution in [0.25, 0.3) is 22.0 Å². The summed E-state index contributed by atoms with van der Waals surface area (Å²) in [7, 11) is 0. The molecule has 6 rings (SSSR count). The number of piperazine rings is 1. The lowest BCUT2D eigenvalue weighted by molar-refractivity contribution is -0.126. The molecular formula is C28H26F2N6O2S. The lowest BCUT2D eigenvalue weighted by Gasteiger charge is -2.35. The van der Waals surface area contributed by atoms with Crippen LogP contribution in [0.1, 0.15) is 11.6 Å². The first kappa shape index (κ1) is 25.3. The number of anilines is 1. The maximum absolute atomic E-state index is 15.1. The minimum Gasteiger partial charge on any atom is -0.352 e. The van der Waals surface area contributed by atoms with E-state index < -0.39 is 17.3 Å². The molecule has 1 saturated heterocycles. The fourth-order valence-corrected chi connectivity index (χ4v) is 6.89. The van der Waals surface area contributed by atoms with Crippen molar-refractivity contribution in [3.8, 4) is 11.1 Å². The van der Waals surface area contributed by atoms with Crippen molar-refractivity contribution in [2.75, 3.05) is 36.8 Å². The van der Waals surface area contributed by atoms with Crippen molar-refractivity contribution in [1.29, 1.82) is 0 Å². The molecule has 8 nitrogen and oxygen atoms in total. The van der Waals surface area contributed by atoms with Crippen LogP contribution in [0.5, 0.6) is 0 Å². The average molecular weight is 549 g/mol. The van der Waals surface area contributed by atoms with Gasteiger partial charge in [0, 0.05) is 78.3 Å². The molecule has 0 saturated carbocycles. The number of thioether (sulfide) groups is 1. The zero-order chi connectivity index (χ0) is 27.3. The van der Waals surface area contributed by atoms with Crippen molar-refractivity contribution < 1.29 is 13.6 Å². The third kappa shape index (κ3) is 4.40. The van der Waals surface area contributed by atoms with E-state index in [9.17, 15) is 14.0 Å². The summed E-state index contributed by atoms with van der Waals surface area (Å²) in [4.78, 5) is 39.0. The summed E-state index contributed by atoms with van der Waals surface area (Å²) < 4.78 is 32.6. The highest BCUT2D eigenvalue weighted by Gasteiger charge is 2.30. The second-order valence-corrected chi connectivity index (χ2v) is 10.8. The molecular weight excluding hydrogens is 522 g/mol. The van der Waals surface area contributed by atoms with Crippen LogP contribution in [-0.4, -0.2) is 61.8 Å². The minimum atomic E-state index is -0.657. The van der Waals surface area contributed by atoms with E-state index in [1.165, 1.54) is 18.2 Å². The van der Waals surface area contributed by atoms with Gasteiger partial charge in [-0.05, 0) is 36.8 Å². The predicted molar refractivity (Wildman–Crippen MR) is 147 cm³/mol. The summed E-state index contributed by atoms with van der Waals surface area (Å²) in [6, 6.07) is 5.44. The van der Waals surface area contributed by atoms with Gasteiger partial charge in [0.1, 0.15) is 17.5 Å². The summed E-state index contributed by atoms with van der Waals surface area (Å²) in [5, 5.41) is 0.788. The average Bonchev–Trinajstić information content (AvgIpc) is 3.39. The summed E-state index contributed by atoms with van der Waals surface area (Å²) in [6.45, 7) is 7.83. The van der Waals surface area contributed by atoms with Gasteiger partial charge in [0.2, 0.25) is 5.91 Å². The summed E-state index contributed by atoms with van der Waals surface area (Å²) in [5.41, 5.74) is 2.01. The van der Waals surface area contributed by atoms with E-state index in [0.29, 0.717) is 55.4 Å². The molecule has 0 N–H and O–H groups in total. The van der Waals surface area contributed by atoms with E-state index in [1.807, 2.05) is 28.7 Å². The molecule has 1 amide bonds. The fraction of sp³-hybridized carbons (Fsp3) is 0.286. The van der Waals surface area contributed by atoms with Gasteiger partial charge in [-0.2, -0.15) is 4.98 Å². The maximum Gasteiger partial charge on any atom is 0.350 e. The molecule has 1 fully saturated rings. The molecule has 2 aromatic heterocycles. The van der Waals surface area contributed by atoms with Gasteiger partial charge in [-0.3, -0.25) is 9.36 Å². The van der Waals surface area contributed by atoms with Gasteiger partial charge in [0.25, 0.3) is 0 Å². The highest BCUT2D eigenvalue weighted by Crippen LogP contribution is 2.45. The zero-order valence-electron chi connectivity index (χ0n) is 21.3. The number of aromatic nitrogens is 4. The number of hydrogen-bond donors (Lipinski definition) is 0. The van der Waals surface area contributed by atoms with Crippen molar-refractivity contribution in [2.24, 2.45) is 0 Å². The van der Waals surface area contributed by atoms with Crippen LogP contribution in [0.3, 0.4) is 0 Å². The normalized spacial score (nSPS) is 17.4. The number of hydrogen-bond acceptors (Lipinski definition) is 6. The molecule has 1 unspecified atom stereocenters. The highest BCUT2D eigenvalue weighted by molar-refractivity contribution is 7.99. The Morgan fingerprint density at radius 1 is 1.18 bits per heavy atom. The number of aryl methyl sites for hydroxylation is 1. The lowest BCUT2D eigenvalue weighted by Crippen LogP contribution is -2.49. The first-order valence-electron chi connectivity index (χ1n) is 12.7. The molecule has 2 aromatic carbocycles. The van der Waals surface area contributed by atoms with Gasteiger partial charge in [-0.25, -0.2) is 18.6 Å². The summed E-state index contributed by atoms with van der Waals surface area (Å²) in [5.74, 6) is -0.264. The molecule has 4 heterocycles. The van der Waals surface area contributed by atoms with Crippen LogP contribution in [0.4, 0.5) is 14.6 Å². The summed E-state index contributed by atoms with van der Waals surface area (Å²) >= 11 is 1.55. The number of halogens is 2. The Hall–Kier alpha value is -3.99. The van der Waals surface area contributed by atoms with E-state index in [2.05, 4.69) is 16.5 Å². The Morgan fingerprint density at radius 3 is 2.67 bits per heavy atom. The maximum atomic E-state index is 15.1. The Morgan fingerprint density at radius 2 is 1.97 bits per heavy atom. The van der Waals surface area contributed by atoms with E-state index in [-0.39, 0.29) is 17.5 Å². The fourth-order valence-electron chi connectivity index (χ4n) is 5.48. The quantitative estimate of drug-likeness (QED) is 0.359. The van der Waals surface area contributed by atoms with Gasteiger partial charge >= 0.3 is 5.69 Å². The Labute approximate surface area is 227 Å². The topological polar surface area (TPSA) is 76.3 Å². The van der Waals surface area contributed by atoms with E-state index in [1.54, 1.807) is 33.8 Å². The molecule has 11 heteroatoms. The first-order chi connectivity index (χ1) is 18.9. The van der Waals surface area contributed by atoms with Crippen LogP contribution in [0.2, 0.25) is 0 Å². The molecule has 4 aromatic rings. The third-order valence-electron chi connectivity index (χ3n) is 7.42. The Balaban J connectivity index is 1.56. The van der Waals surface area contributed by atoms with Crippen molar-refractivity contribution in [3.05, 3.63) is 83.3 Å². The molecule has 39 heavy (non-hydrogen) atoms. The molecule has 0 aliphatic carbocycles. The van der Waals surface area contributed by atoms with Crippen LogP contribution >= 0.6 is 11.8 Å². The van der Waals surface area contributed by atoms with E-state index >= 15 is 4.39 Å². The lowest BCUT2D eigenvalue weighted by atomic mass is 9.97. The molecule has 200 valence electrons. The van der Waals surface area contributed by atoms with Gasteiger partial charge < -0.3 is 14.4 Å². The number of amides is 1. The largest absolute Gasteiger partial charge is 0.352 e. The standard InChI is InChI=1S/C28H26F2N6O2S/c1-3-23(37)33-8-10-34(11-9-33)27-21-12-17(2)24(20-5-4-18(29)13-22(20)30)26-25(21)36(28(38)32-27)14-19(15-39-26)35-7-6-31-16-35/h3-7,12-13,16,19H,1,8-11,14-15H2,2H3. The van der Waals surface area contributed by atoms with Gasteiger partial charge in [0.05, 0.1) is 17.9 Å². The number of nitrogens with zero attached hydrogens (tertiary/aromatic N) is 6. The smallest absolute Gasteiger partial charge is 0.350 e. The van der Waals surface area contributed by atoms with Crippen LogP contribution in [0, 0.1) is 18.6 Å². The molecule has 0 spiro atoms. The Bertz CT molecular complexity index is 1660. The number of carbonyl (C=O) groups is 1. The minimum absolute atomic E-state index is 0.0851. The third-order valence-corrected chi connectivity index (χ3v) is 8.66. The van der Waals surface area contributed by atoms with Crippen molar-refractivity contribution >= 4 is 34.4 Å². The van der Waals surface area contributed by atoms with E-state index in [4.69, 9.17) is 0 Å². The Kier molecular flexibility index (Phi) is 6.46.